The largest absolute Gasteiger partial charge is 0.468 e. The molecule has 2 rings (SSSR count). The lowest BCUT2D eigenvalue weighted by molar-refractivity contribution is -0.150. The maximum Gasteiger partial charge on any atom is 0.337 e. The van der Waals surface area contributed by atoms with Gasteiger partial charge in [0.05, 0.1) is 24.7 Å². The Balaban J connectivity index is 2.14. The lowest BCUT2D eigenvalue weighted by Crippen LogP contribution is -2.30. The highest BCUT2D eigenvalue weighted by molar-refractivity contribution is 5.90. The van der Waals surface area contributed by atoms with Crippen LogP contribution in [0.4, 0.5) is 0 Å². The molecule has 0 aromatic carbocycles. The zero-order chi connectivity index (χ0) is 10.8. The van der Waals surface area contributed by atoms with Crippen LogP contribution in [-0.2, 0) is 19.0 Å². The summed E-state index contributed by atoms with van der Waals surface area (Å²) in [7, 11) is 0. The molecule has 0 bridgehead atoms. The van der Waals surface area contributed by atoms with Gasteiger partial charge in [-0.3, -0.25) is 0 Å². The second-order valence-corrected chi connectivity index (χ2v) is 3.80. The summed E-state index contributed by atoms with van der Waals surface area (Å²) >= 11 is 0. The quantitative estimate of drug-likeness (QED) is 0.652. The molecule has 2 heterocycles. The SMILES string of the molecule is CCOC(=O)C1=C(C)OC2OCCCC12. The Labute approximate surface area is 89.2 Å². The maximum absolute atomic E-state index is 11.7. The van der Waals surface area contributed by atoms with Crippen molar-refractivity contribution in [1.29, 1.82) is 0 Å². The summed E-state index contributed by atoms with van der Waals surface area (Å²) in [5.74, 6) is 0.469. The molecule has 4 nitrogen and oxygen atoms in total. The van der Waals surface area contributed by atoms with Gasteiger partial charge in [0.2, 0.25) is 6.29 Å². The van der Waals surface area contributed by atoms with Crippen molar-refractivity contribution >= 4 is 5.97 Å². The molecule has 0 N–H and O–H groups in total. The summed E-state index contributed by atoms with van der Waals surface area (Å²) in [5, 5.41) is 0. The third kappa shape index (κ3) is 1.86. The van der Waals surface area contributed by atoms with Crippen molar-refractivity contribution in [2.24, 2.45) is 5.92 Å². The fourth-order valence-electron chi connectivity index (χ4n) is 2.15. The summed E-state index contributed by atoms with van der Waals surface area (Å²) in [6.07, 6.45) is 1.65. The molecule has 0 aliphatic carbocycles. The lowest BCUT2D eigenvalue weighted by Gasteiger charge is -2.25. The average molecular weight is 212 g/mol. The van der Waals surface area contributed by atoms with E-state index in [1.165, 1.54) is 0 Å². The molecule has 1 saturated heterocycles. The number of hydrogen-bond donors (Lipinski definition) is 0. The van der Waals surface area contributed by atoms with Crippen LogP contribution < -0.4 is 0 Å². The first kappa shape index (κ1) is 10.5. The van der Waals surface area contributed by atoms with E-state index in [4.69, 9.17) is 14.2 Å². The summed E-state index contributed by atoms with van der Waals surface area (Å²) in [4.78, 5) is 11.7. The zero-order valence-electron chi connectivity index (χ0n) is 9.12. The van der Waals surface area contributed by atoms with Crippen molar-refractivity contribution in [1.82, 2.24) is 0 Å². The molecule has 0 spiro atoms. The zero-order valence-corrected chi connectivity index (χ0v) is 9.12. The molecular formula is C11H16O4. The van der Waals surface area contributed by atoms with Crippen LogP contribution in [0.1, 0.15) is 26.7 Å². The standard InChI is InChI=1S/C11H16O4/c1-3-13-10(12)9-7(2)15-11-8(9)5-4-6-14-11/h8,11H,3-6H2,1-2H3. The van der Waals surface area contributed by atoms with Crippen molar-refractivity contribution in [2.75, 3.05) is 13.2 Å². The fourth-order valence-corrected chi connectivity index (χ4v) is 2.15. The molecule has 2 aliphatic rings. The van der Waals surface area contributed by atoms with Gasteiger partial charge >= 0.3 is 5.97 Å². The average Bonchev–Trinajstić information content (AvgIpc) is 2.54. The molecule has 0 radical (unpaired) electrons. The normalized spacial score (nSPS) is 29.7. The Morgan fingerprint density at radius 3 is 3.13 bits per heavy atom. The smallest absolute Gasteiger partial charge is 0.337 e. The minimum atomic E-state index is -0.266. The second-order valence-electron chi connectivity index (χ2n) is 3.80. The van der Waals surface area contributed by atoms with Gasteiger partial charge in [0.1, 0.15) is 5.76 Å². The number of ether oxygens (including phenoxy) is 3. The topological polar surface area (TPSA) is 44.8 Å². The van der Waals surface area contributed by atoms with Crippen LogP contribution in [0.2, 0.25) is 0 Å². The Hall–Kier alpha value is -1.03. The number of hydrogen-bond acceptors (Lipinski definition) is 4. The van der Waals surface area contributed by atoms with Crippen molar-refractivity contribution in [2.45, 2.75) is 33.0 Å². The Kier molecular flexibility index (Phi) is 2.95. The predicted molar refractivity (Wildman–Crippen MR) is 52.9 cm³/mol. The number of carbonyl (C=O) groups is 1. The minimum absolute atomic E-state index is 0.0674. The highest BCUT2D eigenvalue weighted by Crippen LogP contribution is 2.38. The number of esters is 1. The van der Waals surface area contributed by atoms with E-state index < -0.39 is 0 Å². The number of fused-ring (bicyclic) bond motifs is 1. The van der Waals surface area contributed by atoms with Crippen LogP contribution in [-0.4, -0.2) is 25.5 Å². The van der Waals surface area contributed by atoms with Gasteiger partial charge in [-0.2, -0.15) is 0 Å². The van der Waals surface area contributed by atoms with Crippen LogP contribution >= 0.6 is 0 Å². The highest BCUT2D eigenvalue weighted by Gasteiger charge is 2.41. The maximum atomic E-state index is 11.7. The van der Waals surface area contributed by atoms with E-state index in [-0.39, 0.29) is 18.2 Å². The van der Waals surface area contributed by atoms with Gasteiger partial charge in [0.15, 0.2) is 0 Å². The first-order valence-electron chi connectivity index (χ1n) is 5.40. The van der Waals surface area contributed by atoms with E-state index in [2.05, 4.69) is 0 Å². The van der Waals surface area contributed by atoms with E-state index in [0.717, 1.165) is 12.8 Å². The van der Waals surface area contributed by atoms with Gasteiger partial charge < -0.3 is 14.2 Å². The summed E-state index contributed by atoms with van der Waals surface area (Å²) in [6, 6.07) is 0. The molecule has 0 saturated carbocycles. The third-order valence-corrected chi connectivity index (χ3v) is 2.81. The van der Waals surface area contributed by atoms with Crippen molar-refractivity contribution in [3.05, 3.63) is 11.3 Å². The van der Waals surface area contributed by atoms with Crippen molar-refractivity contribution in [3.8, 4) is 0 Å². The Morgan fingerprint density at radius 2 is 2.40 bits per heavy atom. The molecule has 2 atom stereocenters. The molecule has 4 heteroatoms. The summed E-state index contributed by atoms with van der Waals surface area (Å²) in [5.41, 5.74) is 0.668. The molecule has 84 valence electrons. The van der Waals surface area contributed by atoms with Crippen LogP contribution in [0.25, 0.3) is 0 Å². The second kappa shape index (κ2) is 4.23. The number of allylic oxidation sites excluding steroid dienone is 1. The Morgan fingerprint density at radius 1 is 1.60 bits per heavy atom. The van der Waals surface area contributed by atoms with Gasteiger partial charge in [0.25, 0.3) is 0 Å². The highest BCUT2D eigenvalue weighted by atomic mass is 16.7. The van der Waals surface area contributed by atoms with Crippen molar-refractivity contribution in [3.63, 3.8) is 0 Å². The molecule has 1 fully saturated rings. The first-order valence-corrected chi connectivity index (χ1v) is 5.40. The van der Waals surface area contributed by atoms with Crippen LogP contribution in [0.3, 0.4) is 0 Å². The molecule has 2 aliphatic heterocycles. The van der Waals surface area contributed by atoms with Gasteiger partial charge in [-0.15, -0.1) is 0 Å². The molecule has 0 aromatic rings. The van der Waals surface area contributed by atoms with Gasteiger partial charge in [-0.25, -0.2) is 4.79 Å². The van der Waals surface area contributed by atoms with E-state index in [9.17, 15) is 4.79 Å². The van der Waals surface area contributed by atoms with Crippen LogP contribution in [0, 0.1) is 5.92 Å². The van der Waals surface area contributed by atoms with E-state index in [1.807, 2.05) is 0 Å². The lowest BCUT2D eigenvalue weighted by atomic mass is 9.93. The van der Waals surface area contributed by atoms with E-state index >= 15 is 0 Å². The predicted octanol–water partition coefficient (Wildman–Crippen LogP) is 1.61. The Bertz CT molecular complexity index is 295. The minimum Gasteiger partial charge on any atom is -0.468 e. The van der Waals surface area contributed by atoms with Gasteiger partial charge in [-0.05, 0) is 26.7 Å². The monoisotopic (exact) mass is 212 g/mol. The molecule has 0 amide bonds. The van der Waals surface area contributed by atoms with Gasteiger partial charge in [0, 0.05) is 0 Å². The number of carbonyl (C=O) groups excluding carboxylic acids is 1. The molecule has 15 heavy (non-hydrogen) atoms. The summed E-state index contributed by atoms with van der Waals surface area (Å²) in [6.45, 7) is 4.71. The molecular weight excluding hydrogens is 196 g/mol. The summed E-state index contributed by atoms with van der Waals surface area (Å²) < 4.78 is 16.0. The molecule has 2 unspecified atom stereocenters. The third-order valence-electron chi connectivity index (χ3n) is 2.81. The van der Waals surface area contributed by atoms with E-state index in [1.54, 1.807) is 13.8 Å². The fraction of sp³-hybridized carbons (Fsp3) is 0.727. The number of rotatable bonds is 2. The molecule has 0 aromatic heterocycles. The van der Waals surface area contributed by atoms with Crippen molar-refractivity contribution < 1.29 is 19.0 Å². The van der Waals surface area contributed by atoms with E-state index in [0.29, 0.717) is 24.5 Å². The van der Waals surface area contributed by atoms with Crippen LogP contribution in [0.15, 0.2) is 11.3 Å². The first-order chi connectivity index (χ1) is 7.24. The van der Waals surface area contributed by atoms with Gasteiger partial charge in [-0.1, -0.05) is 0 Å². The van der Waals surface area contributed by atoms with Crippen LogP contribution in [0.5, 0.6) is 0 Å².